The number of rotatable bonds is 6. The van der Waals surface area contributed by atoms with Gasteiger partial charge in [-0.25, -0.2) is 4.98 Å². The van der Waals surface area contributed by atoms with Crippen LogP contribution < -0.4 is 4.74 Å². The Balaban J connectivity index is 2.02. The van der Waals surface area contributed by atoms with Crippen LogP contribution in [0.2, 0.25) is 0 Å². The van der Waals surface area contributed by atoms with E-state index in [0.717, 1.165) is 21.3 Å². The number of benzene rings is 1. The van der Waals surface area contributed by atoms with Crippen molar-refractivity contribution in [3.8, 4) is 5.75 Å². The van der Waals surface area contributed by atoms with E-state index in [1.54, 1.807) is 0 Å². The average molecular weight is 305 g/mol. The average Bonchev–Trinajstić information content (AvgIpc) is 2.89. The van der Waals surface area contributed by atoms with Crippen molar-refractivity contribution in [2.45, 2.75) is 52.7 Å². The molecule has 0 saturated carbocycles. The zero-order valence-corrected chi connectivity index (χ0v) is 13.9. The van der Waals surface area contributed by atoms with E-state index >= 15 is 0 Å². The van der Waals surface area contributed by atoms with Crippen LogP contribution in [-0.2, 0) is 13.2 Å². The predicted octanol–water partition coefficient (Wildman–Crippen LogP) is 4.46. The minimum atomic E-state index is 0.0499. The first-order valence-corrected chi connectivity index (χ1v) is 8.15. The van der Waals surface area contributed by atoms with Crippen LogP contribution in [0.25, 0.3) is 0 Å². The van der Waals surface area contributed by atoms with Gasteiger partial charge in [-0.3, -0.25) is 0 Å². The fraction of sp³-hybridized carbons (Fsp3) is 0.471. The number of ether oxygens (including phenoxy) is 1. The smallest absolute Gasteiger partial charge is 0.140 e. The van der Waals surface area contributed by atoms with Crippen LogP contribution in [0.5, 0.6) is 5.75 Å². The lowest BCUT2D eigenvalue weighted by atomic mass is 10.0. The molecule has 0 aliphatic carbocycles. The molecule has 0 fully saturated rings. The van der Waals surface area contributed by atoms with Gasteiger partial charge >= 0.3 is 0 Å². The Morgan fingerprint density at radius 1 is 1.10 bits per heavy atom. The van der Waals surface area contributed by atoms with E-state index in [2.05, 4.69) is 44.8 Å². The van der Waals surface area contributed by atoms with E-state index in [1.807, 2.05) is 12.1 Å². The van der Waals surface area contributed by atoms with Crippen LogP contribution in [-0.4, -0.2) is 10.1 Å². The number of aliphatic hydroxyl groups excluding tert-OH is 1. The topological polar surface area (TPSA) is 42.4 Å². The molecule has 0 radical (unpaired) electrons. The standard InChI is InChI=1S/C17H23NO2S/c1-11(2)13-5-7-14(8-6-13)20-10-16-18-17(12(3)4)15(9-19)21-16/h5-8,11-12,19H,9-10H2,1-4H3. The molecular formula is C17H23NO2S. The van der Waals surface area contributed by atoms with E-state index in [0.29, 0.717) is 18.4 Å². The van der Waals surface area contributed by atoms with Crippen molar-refractivity contribution in [3.05, 3.63) is 45.4 Å². The molecule has 0 amide bonds. The second kappa shape index (κ2) is 7.05. The minimum Gasteiger partial charge on any atom is -0.486 e. The molecule has 0 saturated heterocycles. The predicted molar refractivity (Wildman–Crippen MR) is 87.0 cm³/mol. The first kappa shape index (κ1) is 16.0. The van der Waals surface area contributed by atoms with Crippen molar-refractivity contribution in [2.75, 3.05) is 0 Å². The van der Waals surface area contributed by atoms with Crippen LogP contribution in [0.3, 0.4) is 0 Å². The maximum atomic E-state index is 9.38. The summed E-state index contributed by atoms with van der Waals surface area (Å²) in [7, 11) is 0. The summed E-state index contributed by atoms with van der Waals surface area (Å²) in [5, 5.41) is 10.3. The van der Waals surface area contributed by atoms with Crippen LogP contribution in [0.4, 0.5) is 0 Å². The van der Waals surface area contributed by atoms with Gasteiger partial charge in [0.15, 0.2) is 0 Å². The lowest BCUT2D eigenvalue weighted by Gasteiger charge is -2.07. The number of hydrogen-bond acceptors (Lipinski definition) is 4. The van der Waals surface area contributed by atoms with Gasteiger partial charge in [-0.05, 0) is 29.5 Å². The maximum absolute atomic E-state index is 9.38. The summed E-state index contributed by atoms with van der Waals surface area (Å²) in [6, 6.07) is 8.19. The molecule has 2 rings (SSSR count). The van der Waals surface area contributed by atoms with Gasteiger partial charge in [-0.1, -0.05) is 39.8 Å². The molecule has 0 aliphatic rings. The molecule has 1 aromatic carbocycles. The molecule has 21 heavy (non-hydrogen) atoms. The van der Waals surface area contributed by atoms with Crippen molar-refractivity contribution in [1.29, 1.82) is 0 Å². The quantitative estimate of drug-likeness (QED) is 0.856. The van der Waals surface area contributed by atoms with E-state index in [9.17, 15) is 5.11 Å². The van der Waals surface area contributed by atoms with Gasteiger partial charge in [0, 0.05) is 0 Å². The second-order valence-corrected chi connectivity index (χ2v) is 6.91. The molecule has 0 bridgehead atoms. The summed E-state index contributed by atoms with van der Waals surface area (Å²) in [4.78, 5) is 5.52. The Kier molecular flexibility index (Phi) is 5.37. The van der Waals surface area contributed by atoms with E-state index < -0.39 is 0 Å². The van der Waals surface area contributed by atoms with Crippen molar-refractivity contribution >= 4 is 11.3 Å². The van der Waals surface area contributed by atoms with Crippen LogP contribution in [0.1, 0.15) is 60.7 Å². The maximum Gasteiger partial charge on any atom is 0.140 e. The molecule has 114 valence electrons. The molecule has 0 spiro atoms. The van der Waals surface area contributed by atoms with Gasteiger partial charge in [0.25, 0.3) is 0 Å². The monoisotopic (exact) mass is 305 g/mol. The first-order valence-electron chi connectivity index (χ1n) is 7.33. The SMILES string of the molecule is CC(C)c1ccc(OCc2nc(C(C)C)c(CO)s2)cc1. The Labute approximate surface area is 130 Å². The largest absolute Gasteiger partial charge is 0.486 e. The Bertz CT molecular complexity index is 573. The van der Waals surface area contributed by atoms with E-state index in [1.165, 1.54) is 16.9 Å². The second-order valence-electron chi connectivity index (χ2n) is 5.74. The fourth-order valence-electron chi connectivity index (χ4n) is 2.13. The van der Waals surface area contributed by atoms with Crippen LogP contribution >= 0.6 is 11.3 Å². The number of nitrogens with zero attached hydrogens (tertiary/aromatic N) is 1. The molecule has 1 N–H and O–H groups in total. The molecule has 0 atom stereocenters. The summed E-state index contributed by atoms with van der Waals surface area (Å²) in [6.45, 7) is 9.03. The summed E-state index contributed by atoms with van der Waals surface area (Å²) in [6.07, 6.45) is 0. The lowest BCUT2D eigenvalue weighted by Crippen LogP contribution is -1.97. The van der Waals surface area contributed by atoms with Crippen molar-refractivity contribution in [1.82, 2.24) is 4.98 Å². The van der Waals surface area contributed by atoms with Gasteiger partial charge in [0.2, 0.25) is 0 Å². The molecule has 2 aromatic rings. The molecule has 0 aliphatic heterocycles. The number of hydrogen-bond donors (Lipinski definition) is 1. The first-order chi connectivity index (χ1) is 10.0. The van der Waals surface area contributed by atoms with Gasteiger partial charge in [0.1, 0.15) is 17.4 Å². The molecular weight excluding hydrogens is 282 g/mol. The third kappa shape index (κ3) is 4.05. The Morgan fingerprint density at radius 2 is 1.76 bits per heavy atom. The highest BCUT2D eigenvalue weighted by Crippen LogP contribution is 2.26. The van der Waals surface area contributed by atoms with Crippen LogP contribution in [0.15, 0.2) is 24.3 Å². The van der Waals surface area contributed by atoms with Crippen molar-refractivity contribution in [2.24, 2.45) is 0 Å². The highest BCUT2D eigenvalue weighted by atomic mass is 32.1. The van der Waals surface area contributed by atoms with Crippen LogP contribution in [0, 0.1) is 0 Å². The van der Waals surface area contributed by atoms with Gasteiger partial charge in [-0.2, -0.15) is 0 Å². The van der Waals surface area contributed by atoms with Gasteiger partial charge < -0.3 is 9.84 Å². The van der Waals surface area contributed by atoms with Crippen molar-refractivity contribution < 1.29 is 9.84 Å². The summed E-state index contributed by atoms with van der Waals surface area (Å²) >= 11 is 1.53. The molecule has 0 unspecified atom stereocenters. The molecule has 3 nitrogen and oxygen atoms in total. The van der Waals surface area contributed by atoms with E-state index in [4.69, 9.17) is 4.74 Å². The van der Waals surface area contributed by atoms with Gasteiger partial charge in [-0.15, -0.1) is 11.3 Å². The van der Waals surface area contributed by atoms with Gasteiger partial charge in [0.05, 0.1) is 17.2 Å². The molecule has 4 heteroatoms. The fourth-order valence-corrected chi connectivity index (χ4v) is 3.13. The molecule has 1 aromatic heterocycles. The number of aliphatic hydroxyl groups is 1. The lowest BCUT2D eigenvalue weighted by molar-refractivity contribution is 0.283. The van der Waals surface area contributed by atoms with Crippen molar-refractivity contribution in [3.63, 3.8) is 0 Å². The van der Waals surface area contributed by atoms with E-state index in [-0.39, 0.29) is 6.61 Å². The third-order valence-corrected chi connectivity index (χ3v) is 4.40. The Morgan fingerprint density at radius 3 is 2.24 bits per heavy atom. The third-order valence-electron chi connectivity index (χ3n) is 3.37. The summed E-state index contributed by atoms with van der Waals surface area (Å²) in [5.41, 5.74) is 2.29. The summed E-state index contributed by atoms with van der Waals surface area (Å²) in [5.74, 6) is 1.70. The number of aromatic nitrogens is 1. The number of thiazole rings is 1. The Hall–Kier alpha value is -1.39. The normalized spacial score (nSPS) is 11.4. The highest BCUT2D eigenvalue weighted by molar-refractivity contribution is 7.11. The zero-order chi connectivity index (χ0) is 15.4. The zero-order valence-electron chi connectivity index (χ0n) is 13.1. The minimum absolute atomic E-state index is 0.0499. The molecule has 1 heterocycles. The summed E-state index contributed by atoms with van der Waals surface area (Å²) < 4.78 is 5.79. The highest BCUT2D eigenvalue weighted by Gasteiger charge is 2.13.